The van der Waals surface area contributed by atoms with Crippen LogP contribution < -0.4 is 19.1 Å². The lowest BCUT2D eigenvalue weighted by Gasteiger charge is -2.28. The zero-order valence-corrected chi connectivity index (χ0v) is 18.4. The fourth-order valence-corrected chi connectivity index (χ4v) is 3.56. The van der Waals surface area contributed by atoms with Gasteiger partial charge in [0.2, 0.25) is 11.7 Å². The van der Waals surface area contributed by atoms with Gasteiger partial charge in [0.15, 0.2) is 11.5 Å². The Balaban J connectivity index is 2.02. The van der Waals surface area contributed by atoms with Crippen LogP contribution in [0.1, 0.15) is 44.0 Å². The van der Waals surface area contributed by atoms with E-state index in [1.54, 1.807) is 21.9 Å². The van der Waals surface area contributed by atoms with Gasteiger partial charge in [0.1, 0.15) is 6.67 Å². The molecule has 2 aromatic rings. The quantitative estimate of drug-likeness (QED) is 0.572. The highest BCUT2D eigenvalue weighted by molar-refractivity contribution is 6.07. The maximum atomic E-state index is 13.7. The number of carbonyl (C=O) groups excluding carboxylic acids is 2. The molecule has 0 spiro atoms. The average molecular weight is 427 g/mol. The second-order valence-corrected chi connectivity index (χ2v) is 7.07. The first-order valence-corrected chi connectivity index (χ1v) is 10.8. The van der Waals surface area contributed by atoms with Crippen molar-refractivity contribution in [3.63, 3.8) is 0 Å². The zero-order valence-electron chi connectivity index (χ0n) is 18.4. The van der Waals surface area contributed by atoms with Gasteiger partial charge in [-0.25, -0.2) is 0 Å². The fraction of sp³-hybridized carbons (Fsp3) is 0.417. The summed E-state index contributed by atoms with van der Waals surface area (Å²) in [7, 11) is 0. The van der Waals surface area contributed by atoms with Gasteiger partial charge in [-0.1, -0.05) is 18.2 Å². The highest BCUT2D eigenvalue weighted by Gasteiger charge is 2.28. The predicted octanol–water partition coefficient (Wildman–Crippen LogP) is 4.11. The average Bonchev–Trinajstić information content (AvgIpc) is 3.19. The maximum absolute atomic E-state index is 13.7. The number of likely N-dealkylation sites (tertiary alicyclic amines) is 1. The number of ether oxygens (including phenoxy) is 3. The van der Waals surface area contributed by atoms with Crippen molar-refractivity contribution < 1.29 is 23.8 Å². The number of hydrogen-bond donors (Lipinski definition) is 0. The molecule has 0 unspecified atom stereocenters. The molecule has 0 bridgehead atoms. The van der Waals surface area contributed by atoms with Crippen LogP contribution in [-0.4, -0.2) is 49.7 Å². The molecule has 1 saturated heterocycles. The second kappa shape index (κ2) is 10.7. The molecule has 0 atom stereocenters. The Morgan fingerprint density at radius 2 is 1.58 bits per heavy atom. The van der Waals surface area contributed by atoms with E-state index in [0.29, 0.717) is 55.6 Å². The van der Waals surface area contributed by atoms with Gasteiger partial charge in [-0.05, 0) is 51.5 Å². The van der Waals surface area contributed by atoms with E-state index in [0.717, 1.165) is 12.1 Å². The van der Waals surface area contributed by atoms with Crippen LogP contribution >= 0.6 is 0 Å². The minimum absolute atomic E-state index is 0.0606. The number of para-hydroxylation sites is 1. The Bertz CT molecular complexity index is 873. The number of amides is 2. The summed E-state index contributed by atoms with van der Waals surface area (Å²) >= 11 is 0. The molecule has 166 valence electrons. The second-order valence-electron chi connectivity index (χ2n) is 7.07. The first kappa shape index (κ1) is 22.5. The van der Waals surface area contributed by atoms with Crippen molar-refractivity contribution in [2.24, 2.45) is 0 Å². The van der Waals surface area contributed by atoms with Crippen molar-refractivity contribution in [2.45, 2.75) is 33.6 Å². The maximum Gasteiger partial charge on any atom is 0.260 e. The number of benzene rings is 2. The molecule has 1 fully saturated rings. The Kier molecular flexibility index (Phi) is 7.76. The van der Waals surface area contributed by atoms with Gasteiger partial charge in [-0.3, -0.25) is 14.5 Å². The lowest BCUT2D eigenvalue weighted by Crippen LogP contribution is -2.42. The third-order valence-electron chi connectivity index (χ3n) is 4.95. The monoisotopic (exact) mass is 426 g/mol. The van der Waals surface area contributed by atoms with Crippen molar-refractivity contribution in [1.82, 2.24) is 4.90 Å². The standard InChI is InChI=1S/C24H30N2O5/c1-4-29-20-15-18(16-21(30-5-2)23(20)31-6-3)24(28)26(19-11-8-7-9-12-19)17-25-14-10-13-22(25)27/h7-9,11-12,15-16H,4-6,10,13-14,17H2,1-3H3. The first-order valence-electron chi connectivity index (χ1n) is 10.8. The molecule has 31 heavy (non-hydrogen) atoms. The summed E-state index contributed by atoms with van der Waals surface area (Å²) in [6.07, 6.45) is 1.32. The van der Waals surface area contributed by atoms with Crippen molar-refractivity contribution in [3.05, 3.63) is 48.0 Å². The highest BCUT2D eigenvalue weighted by atomic mass is 16.5. The number of anilines is 1. The molecule has 7 nitrogen and oxygen atoms in total. The molecule has 0 radical (unpaired) electrons. The van der Waals surface area contributed by atoms with Gasteiger partial charge in [-0.2, -0.15) is 0 Å². The zero-order chi connectivity index (χ0) is 22.2. The molecule has 2 amide bonds. The van der Waals surface area contributed by atoms with Gasteiger partial charge in [0.05, 0.1) is 19.8 Å². The van der Waals surface area contributed by atoms with Crippen molar-refractivity contribution in [2.75, 3.05) is 37.9 Å². The van der Waals surface area contributed by atoms with Crippen LogP contribution in [0.25, 0.3) is 0 Å². The molecular formula is C24H30N2O5. The van der Waals surface area contributed by atoms with E-state index in [-0.39, 0.29) is 18.5 Å². The summed E-state index contributed by atoms with van der Waals surface area (Å²) < 4.78 is 17.3. The summed E-state index contributed by atoms with van der Waals surface area (Å²) in [5.74, 6) is 1.23. The number of rotatable bonds is 10. The van der Waals surface area contributed by atoms with Gasteiger partial charge >= 0.3 is 0 Å². The molecule has 1 aliphatic rings. The molecule has 1 heterocycles. The number of carbonyl (C=O) groups is 2. The molecule has 2 aromatic carbocycles. The summed E-state index contributed by atoms with van der Waals surface area (Å²) in [6, 6.07) is 12.7. The van der Waals surface area contributed by atoms with Crippen LogP contribution in [0.4, 0.5) is 5.69 Å². The third kappa shape index (κ3) is 5.29. The molecule has 7 heteroatoms. The van der Waals surface area contributed by atoms with E-state index in [9.17, 15) is 9.59 Å². The van der Waals surface area contributed by atoms with E-state index in [4.69, 9.17) is 14.2 Å². The lowest BCUT2D eigenvalue weighted by atomic mass is 10.1. The number of nitrogens with zero attached hydrogens (tertiary/aromatic N) is 2. The van der Waals surface area contributed by atoms with Crippen molar-refractivity contribution in [3.8, 4) is 17.2 Å². The predicted molar refractivity (Wildman–Crippen MR) is 119 cm³/mol. The molecule has 0 aromatic heterocycles. The molecule has 0 saturated carbocycles. The van der Waals surface area contributed by atoms with Gasteiger partial charge in [0.25, 0.3) is 5.91 Å². The van der Waals surface area contributed by atoms with Gasteiger partial charge < -0.3 is 19.1 Å². The van der Waals surface area contributed by atoms with Crippen LogP contribution in [0.5, 0.6) is 17.2 Å². The number of hydrogen-bond acceptors (Lipinski definition) is 5. The van der Waals surface area contributed by atoms with Gasteiger partial charge in [0, 0.05) is 24.2 Å². The normalized spacial score (nSPS) is 13.3. The van der Waals surface area contributed by atoms with E-state index in [1.165, 1.54) is 0 Å². The van der Waals surface area contributed by atoms with Crippen LogP contribution in [0, 0.1) is 0 Å². The summed E-state index contributed by atoms with van der Waals surface area (Å²) in [6.45, 7) is 7.77. The minimum Gasteiger partial charge on any atom is -0.490 e. The fourth-order valence-electron chi connectivity index (χ4n) is 3.56. The highest BCUT2D eigenvalue weighted by Crippen LogP contribution is 2.39. The van der Waals surface area contributed by atoms with Crippen LogP contribution in [0.15, 0.2) is 42.5 Å². The van der Waals surface area contributed by atoms with E-state index in [2.05, 4.69) is 0 Å². The summed E-state index contributed by atoms with van der Waals surface area (Å²) in [5.41, 5.74) is 1.13. The SMILES string of the molecule is CCOc1cc(C(=O)N(CN2CCCC2=O)c2ccccc2)cc(OCC)c1OCC. The molecule has 3 rings (SSSR count). The van der Waals surface area contributed by atoms with Crippen molar-refractivity contribution >= 4 is 17.5 Å². The van der Waals surface area contributed by atoms with Gasteiger partial charge in [-0.15, -0.1) is 0 Å². The van der Waals surface area contributed by atoms with E-state index < -0.39 is 0 Å². The molecule has 0 N–H and O–H groups in total. The van der Waals surface area contributed by atoms with E-state index in [1.807, 2.05) is 51.1 Å². The summed E-state index contributed by atoms with van der Waals surface area (Å²) in [5, 5.41) is 0. The van der Waals surface area contributed by atoms with Crippen molar-refractivity contribution in [1.29, 1.82) is 0 Å². The van der Waals surface area contributed by atoms with Crippen LogP contribution in [-0.2, 0) is 4.79 Å². The Labute approximate surface area is 183 Å². The smallest absolute Gasteiger partial charge is 0.260 e. The topological polar surface area (TPSA) is 68.3 Å². The third-order valence-corrected chi connectivity index (χ3v) is 4.95. The Hall–Kier alpha value is -3.22. The molecular weight excluding hydrogens is 396 g/mol. The minimum atomic E-state index is -0.240. The Morgan fingerprint density at radius 1 is 0.968 bits per heavy atom. The molecule has 1 aliphatic heterocycles. The lowest BCUT2D eigenvalue weighted by molar-refractivity contribution is -0.127. The Morgan fingerprint density at radius 3 is 2.10 bits per heavy atom. The van der Waals surface area contributed by atoms with E-state index >= 15 is 0 Å². The largest absolute Gasteiger partial charge is 0.490 e. The summed E-state index contributed by atoms with van der Waals surface area (Å²) in [4.78, 5) is 29.2. The van der Waals surface area contributed by atoms with Crippen LogP contribution in [0.2, 0.25) is 0 Å². The molecule has 0 aliphatic carbocycles. The van der Waals surface area contributed by atoms with Crippen LogP contribution in [0.3, 0.4) is 0 Å². The first-order chi connectivity index (χ1) is 15.1.